The van der Waals surface area contributed by atoms with Gasteiger partial charge >= 0.3 is 0 Å². The first-order chi connectivity index (χ1) is 8.96. The fraction of sp³-hybridized carbons (Fsp3) is 0.500. The Morgan fingerprint density at radius 2 is 2.21 bits per heavy atom. The third-order valence-corrected chi connectivity index (χ3v) is 6.24. The summed E-state index contributed by atoms with van der Waals surface area (Å²) < 4.78 is 37.5. The summed E-state index contributed by atoms with van der Waals surface area (Å²) in [7, 11) is -2.92. The molecule has 1 N–H and O–H groups in total. The van der Waals surface area contributed by atoms with E-state index >= 15 is 0 Å². The Morgan fingerprint density at radius 3 is 2.89 bits per heavy atom. The largest absolute Gasteiger partial charge is 0.382 e. The molecule has 0 amide bonds. The van der Waals surface area contributed by atoms with Gasteiger partial charge in [0.25, 0.3) is 0 Å². The number of sulfone groups is 1. The zero-order valence-electron chi connectivity index (χ0n) is 10.2. The van der Waals surface area contributed by atoms with Gasteiger partial charge in [-0.15, -0.1) is 0 Å². The van der Waals surface area contributed by atoms with Gasteiger partial charge in [-0.2, -0.15) is 0 Å². The lowest BCUT2D eigenvalue weighted by atomic mass is 10.1. The minimum Gasteiger partial charge on any atom is -0.382 e. The van der Waals surface area contributed by atoms with Gasteiger partial charge in [0.2, 0.25) is 0 Å². The highest BCUT2D eigenvalue weighted by atomic mass is 127. The molecule has 1 aromatic carbocycles. The quantitative estimate of drug-likeness (QED) is 0.737. The van der Waals surface area contributed by atoms with Crippen LogP contribution in [0.4, 0.5) is 15.8 Å². The molecular weight excluding hydrogens is 382 g/mol. The van der Waals surface area contributed by atoms with Crippen molar-refractivity contribution < 1.29 is 12.8 Å². The molecule has 0 aliphatic carbocycles. The maximum absolute atomic E-state index is 13.7. The molecule has 0 spiro atoms. The summed E-state index contributed by atoms with van der Waals surface area (Å²) in [6.45, 7) is 1.47. The Hall–Kier alpha value is -0.570. The van der Waals surface area contributed by atoms with Gasteiger partial charge in [-0.05, 0) is 35.1 Å². The molecule has 1 atom stereocenters. The fourth-order valence-electron chi connectivity index (χ4n) is 2.75. The number of rotatable bonds is 1. The number of benzene rings is 1. The van der Waals surface area contributed by atoms with Crippen LogP contribution in [-0.4, -0.2) is 39.1 Å². The summed E-state index contributed by atoms with van der Waals surface area (Å²) >= 11 is 1.96. The van der Waals surface area contributed by atoms with Crippen molar-refractivity contribution in [2.45, 2.75) is 12.5 Å². The van der Waals surface area contributed by atoms with E-state index in [-0.39, 0.29) is 23.4 Å². The number of nitrogens with zero attached hydrogens (tertiary/aromatic N) is 1. The molecule has 3 rings (SSSR count). The van der Waals surface area contributed by atoms with Gasteiger partial charge in [-0.25, -0.2) is 12.8 Å². The molecule has 19 heavy (non-hydrogen) atoms. The molecule has 7 heteroatoms. The molecule has 0 radical (unpaired) electrons. The van der Waals surface area contributed by atoms with Crippen molar-refractivity contribution >= 4 is 43.8 Å². The van der Waals surface area contributed by atoms with Gasteiger partial charge in [0.1, 0.15) is 5.82 Å². The molecule has 1 saturated heterocycles. The number of nitrogens with one attached hydrogen (secondary N) is 1. The summed E-state index contributed by atoms with van der Waals surface area (Å²) in [6, 6.07) is 3.26. The number of fused-ring (bicyclic) bond motifs is 1. The highest BCUT2D eigenvalue weighted by molar-refractivity contribution is 14.1. The third kappa shape index (κ3) is 2.54. The van der Waals surface area contributed by atoms with E-state index < -0.39 is 9.84 Å². The van der Waals surface area contributed by atoms with E-state index in [1.54, 1.807) is 6.07 Å². The summed E-state index contributed by atoms with van der Waals surface area (Å²) in [4.78, 5) is 2.04. The molecule has 4 nitrogen and oxygen atoms in total. The second kappa shape index (κ2) is 4.76. The van der Waals surface area contributed by atoms with Gasteiger partial charge in [0, 0.05) is 25.2 Å². The molecule has 1 aromatic rings. The van der Waals surface area contributed by atoms with Crippen LogP contribution in [0.2, 0.25) is 0 Å². The number of hydrogen-bond donors (Lipinski definition) is 1. The predicted molar refractivity (Wildman–Crippen MR) is 82.0 cm³/mol. The van der Waals surface area contributed by atoms with Crippen LogP contribution in [0, 0.1) is 9.39 Å². The minimum absolute atomic E-state index is 0.0229. The lowest BCUT2D eigenvalue weighted by molar-refractivity contribution is 0.597. The molecular formula is C12H14FIN2O2S. The summed E-state index contributed by atoms with van der Waals surface area (Å²) in [6.07, 6.45) is 0.634. The van der Waals surface area contributed by atoms with Crippen molar-refractivity contribution in [3.05, 3.63) is 21.5 Å². The first-order valence-electron chi connectivity index (χ1n) is 6.16. The second-order valence-electron chi connectivity index (χ2n) is 4.96. The zero-order chi connectivity index (χ0) is 13.6. The highest BCUT2D eigenvalue weighted by Gasteiger charge is 2.34. The molecule has 2 aliphatic heterocycles. The first-order valence-corrected chi connectivity index (χ1v) is 9.06. The number of hydrogen-bond acceptors (Lipinski definition) is 4. The van der Waals surface area contributed by atoms with Crippen molar-refractivity contribution in [1.29, 1.82) is 0 Å². The van der Waals surface area contributed by atoms with Crippen LogP contribution >= 0.6 is 22.6 Å². The van der Waals surface area contributed by atoms with Crippen LogP contribution < -0.4 is 10.2 Å². The molecule has 0 bridgehead atoms. The van der Waals surface area contributed by atoms with E-state index in [0.29, 0.717) is 16.5 Å². The van der Waals surface area contributed by atoms with Gasteiger partial charge < -0.3 is 10.2 Å². The van der Waals surface area contributed by atoms with E-state index in [0.717, 1.165) is 17.9 Å². The van der Waals surface area contributed by atoms with Crippen molar-refractivity contribution in [3.63, 3.8) is 0 Å². The third-order valence-electron chi connectivity index (χ3n) is 3.67. The van der Waals surface area contributed by atoms with E-state index in [9.17, 15) is 12.8 Å². The monoisotopic (exact) mass is 396 g/mol. The number of halogens is 2. The Labute approximate surface area is 125 Å². The Bertz CT molecular complexity index is 620. The molecule has 0 aromatic heterocycles. The normalized spacial score (nSPS) is 24.9. The maximum Gasteiger partial charge on any atom is 0.152 e. The van der Waals surface area contributed by atoms with Crippen LogP contribution in [0.1, 0.15) is 6.42 Å². The molecule has 1 unspecified atom stereocenters. The number of anilines is 2. The highest BCUT2D eigenvalue weighted by Crippen LogP contribution is 2.35. The van der Waals surface area contributed by atoms with Crippen LogP contribution in [0.3, 0.4) is 0 Å². The fourth-order valence-corrected chi connectivity index (χ4v) is 4.95. The van der Waals surface area contributed by atoms with Crippen LogP contribution in [0.25, 0.3) is 0 Å². The average molecular weight is 396 g/mol. The van der Waals surface area contributed by atoms with Crippen LogP contribution in [0.5, 0.6) is 0 Å². The smallest absolute Gasteiger partial charge is 0.152 e. The molecule has 2 heterocycles. The molecule has 0 saturated carbocycles. The maximum atomic E-state index is 13.7. The predicted octanol–water partition coefficient (Wildman–Crippen LogP) is 1.85. The Morgan fingerprint density at radius 1 is 1.42 bits per heavy atom. The van der Waals surface area contributed by atoms with Gasteiger partial charge in [-0.1, -0.05) is 0 Å². The van der Waals surface area contributed by atoms with Gasteiger partial charge in [0.15, 0.2) is 9.84 Å². The second-order valence-corrected chi connectivity index (χ2v) is 8.35. The van der Waals surface area contributed by atoms with E-state index in [2.05, 4.69) is 5.32 Å². The van der Waals surface area contributed by atoms with Gasteiger partial charge in [0.05, 0.1) is 26.5 Å². The topological polar surface area (TPSA) is 49.4 Å². The van der Waals surface area contributed by atoms with E-state index in [4.69, 9.17) is 0 Å². The van der Waals surface area contributed by atoms with E-state index in [1.165, 1.54) is 6.07 Å². The molecule has 1 fully saturated rings. The van der Waals surface area contributed by atoms with Crippen molar-refractivity contribution in [2.24, 2.45) is 0 Å². The standard InChI is InChI=1S/C12H14FIN2O2S/c13-9-5-12-11(6-10(9)14)15-2-3-16(12)8-1-4-19(17,18)7-8/h5-6,8,15H,1-4,7H2. The molecule has 2 aliphatic rings. The average Bonchev–Trinajstić information content (AvgIpc) is 2.70. The lowest BCUT2D eigenvalue weighted by Gasteiger charge is -2.36. The molecule has 104 valence electrons. The Kier molecular flexibility index (Phi) is 3.36. The summed E-state index contributed by atoms with van der Waals surface area (Å²) in [5.74, 6) is 0.165. The van der Waals surface area contributed by atoms with Crippen LogP contribution in [-0.2, 0) is 9.84 Å². The van der Waals surface area contributed by atoms with Crippen molar-refractivity contribution in [1.82, 2.24) is 0 Å². The first kappa shape index (κ1) is 13.4. The Balaban J connectivity index is 1.97. The van der Waals surface area contributed by atoms with Crippen molar-refractivity contribution in [2.75, 3.05) is 34.8 Å². The van der Waals surface area contributed by atoms with E-state index in [1.807, 2.05) is 27.5 Å². The minimum atomic E-state index is -2.92. The zero-order valence-corrected chi connectivity index (χ0v) is 13.2. The van der Waals surface area contributed by atoms with Gasteiger partial charge in [-0.3, -0.25) is 0 Å². The van der Waals surface area contributed by atoms with Crippen molar-refractivity contribution in [3.8, 4) is 0 Å². The summed E-state index contributed by atoms with van der Waals surface area (Å²) in [5.41, 5.74) is 1.67. The van der Waals surface area contributed by atoms with Crippen LogP contribution in [0.15, 0.2) is 12.1 Å². The summed E-state index contributed by atoms with van der Waals surface area (Å²) in [5, 5.41) is 3.24. The lowest BCUT2D eigenvalue weighted by Crippen LogP contribution is -2.42. The SMILES string of the molecule is O=S1(=O)CCC(N2CCNc3cc(I)c(F)cc32)C1.